The molecular weight excluding hydrogens is 288 g/mol. The first kappa shape index (κ1) is 13.5. The van der Waals surface area contributed by atoms with Gasteiger partial charge in [-0.15, -0.1) is 0 Å². The molecule has 1 heterocycles. The number of nitrogens with one attached hydrogen (secondary N) is 2. The summed E-state index contributed by atoms with van der Waals surface area (Å²) in [6, 6.07) is 15.7. The molecule has 0 amide bonds. The van der Waals surface area contributed by atoms with Crippen LogP contribution in [0.5, 0.6) is 0 Å². The van der Waals surface area contributed by atoms with E-state index in [9.17, 15) is 9.00 Å². The molecule has 3 N–H and O–H groups in total. The smallest absolute Gasteiger partial charge is 0.272 e. The largest absolute Gasteiger partial charge is 0.351 e. The highest BCUT2D eigenvalue weighted by Gasteiger charge is 2.04. The van der Waals surface area contributed by atoms with E-state index in [1.807, 2.05) is 24.3 Å². The molecule has 0 aliphatic rings. The van der Waals surface area contributed by atoms with E-state index < -0.39 is 11.1 Å². The fraction of sp³-hybridized carbons (Fsp3) is 0. The van der Waals surface area contributed by atoms with Crippen LogP contribution in [0.3, 0.4) is 0 Å². The third kappa shape index (κ3) is 2.86. The predicted octanol–water partition coefficient (Wildman–Crippen LogP) is 2.85. The molecule has 0 bridgehead atoms. The van der Waals surface area contributed by atoms with Crippen LogP contribution in [-0.2, 0) is 11.1 Å². The zero-order valence-electron chi connectivity index (χ0n) is 10.9. The van der Waals surface area contributed by atoms with Crippen LogP contribution in [0.15, 0.2) is 64.3 Å². The molecule has 0 aliphatic carbocycles. The van der Waals surface area contributed by atoms with E-state index in [-0.39, 0.29) is 5.56 Å². The number of para-hydroxylation sites is 1. The number of hydrogen-bond acceptors (Lipinski definition) is 3. The second kappa shape index (κ2) is 5.51. The number of aromatic nitrogens is 1. The zero-order chi connectivity index (χ0) is 14.8. The monoisotopic (exact) mass is 300 g/mol. The van der Waals surface area contributed by atoms with Gasteiger partial charge in [-0.2, -0.15) is 0 Å². The molecular formula is C15H12N2O3S. The van der Waals surface area contributed by atoms with E-state index in [0.717, 1.165) is 10.9 Å². The van der Waals surface area contributed by atoms with Crippen molar-refractivity contribution in [2.75, 3.05) is 5.32 Å². The van der Waals surface area contributed by atoms with Crippen LogP contribution in [0, 0.1) is 0 Å². The van der Waals surface area contributed by atoms with Gasteiger partial charge in [0.2, 0.25) is 0 Å². The van der Waals surface area contributed by atoms with E-state index in [0.29, 0.717) is 16.3 Å². The van der Waals surface area contributed by atoms with Crippen LogP contribution in [0.1, 0.15) is 0 Å². The van der Waals surface area contributed by atoms with Crippen molar-refractivity contribution in [3.05, 3.63) is 65.0 Å². The quantitative estimate of drug-likeness (QED) is 0.650. The number of anilines is 2. The fourth-order valence-corrected chi connectivity index (χ4v) is 2.42. The van der Waals surface area contributed by atoms with Crippen molar-refractivity contribution in [1.82, 2.24) is 4.98 Å². The maximum atomic E-state index is 12.0. The van der Waals surface area contributed by atoms with Crippen molar-refractivity contribution < 1.29 is 8.76 Å². The number of benzene rings is 2. The van der Waals surface area contributed by atoms with Crippen molar-refractivity contribution in [1.29, 1.82) is 0 Å². The molecule has 1 unspecified atom stereocenters. The van der Waals surface area contributed by atoms with Crippen molar-refractivity contribution in [2.24, 2.45) is 0 Å². The molecule has 0 aliphatic heterocycles. The summed E-state index contributed by atoms with van der Waals surface area (Å²) in [4.78, 5) is 15.1. The SMILES string of the molecule is O=c1[nH]c2ccccc2cc1Nc1ccc(S(=O)O)cc1. The molecule has 0 saturated carbocycles. The molecule has 0 spiro atoms. The van der Waals surface area contributed by atoms with Crippen LogP contribution in [0.2, 0.25) is 0 Å². The Morgan fingerprint density at radius 3 is 2.48 bits per heavy atom. The lowest BCUT2D eigenvalue weighted by Crippen LogP contribution is -2.11. The molecule has 3 aromatic rings. The lowest BCUT2D eigenvalue weighted by molar-refractivity contribution is 0.564. The van der Waals surface area contributed by atoms with Crippen LogP contribution < -0.4 is 10.9 Å². The zero-order valence-corrected chi connectivity index (χ0v) is 11.7. The third-order valence-corrected chi connectivity index (χ3v) is 3.76. The van der Waals surface area contributed by atoms with E-state index in [1.165, 1.54) is 12.1 Å². The van der Waals surface area contributed by atoms with Crippen molar-refractivity contribution in [3.63, 3.8) is 0 Å². The number of pyridine rings is 1. The van der Waals surface area contributed by atoms with Crippen LogP contribution >= 0.6 is 0 Å². The summed E-state index contributed by atoms with van der Waals surface area (Å²) in [6.07, 6.45) is 0. The van der Waals surface area contributed by atoms with Gasteiger partial charge in [0.05, 0.1) is 4.90 Å². The third-order valence-electron chi connectivity index (χ3n) is 3.09. The lowest BCUT2D eigenvalue weighted by atomic mass is 10.2. The molecule has 21 heavy (non-hydrogen) atoms. The standard InChI is InChI=1S/C15H12N2O3S/c18-15-14(9-10-3-1-2-4-13(10)17-15)16-11-5-7-12(8-6-11)21(19)20/h1-9,16H,(H,17,18)(H,19,20). The van der Waals surface area contributed by atoms with Crippen LogP contribution in [-0.4, -0.2) is 13.7 Å². The Morgan fingerprint density at radius 2 is 1.76 bits per heavy atom. The second-order valence-electron chi connectivity index (χ2n) is 4.50. The van der Waals surface area contributed by atoms with Crippen molar-refractivity contribution in [2.45, 2.75) is 4.90 Å². The van der Waals surface area contributed by atoms with Gasteiger partial charge in [-0.05, 0) is 36.4 Å². The Hall–Kier alpha value is -2.44. The summed E-state index contributed by atoms with van der Waals surface area (Å²) in [5.74, 6) is 0. The molecule has 0 fully saturated rings. The molecule has 1 aromatic heterocycles. The van der Waals surface area contributed by atoms with Gasteiger partial charge < -0.3 is 14.9 Å². The summed E-state index contributed by atoms with van der Waals surface area (Å²) in [5.41, 5.74) is 1.65. The minimum atomic E-state index is -2.00. The van der Waals surface area contributed by atoms with E-state index >= 15 is 0 Å². The lowest BCUT2D eigenvalue weighted by Gasteiger charge is -2.07. The number of rotatable bonds is 3. The molecule has 106 valence electrons. The maximum absolute atomic E-state index is 12.0. The predicted molar refractivity (Wildman–Crippen MR) is 83.3 cm³/mol. The highest BCUT2D eigenvalue weighted by atomic mass is 32.2. The number of fused-ring (bicyclic) bond motifs is 1. The summed E-state index contributed by atoms with van der Waals surface area (Å²) in [6.45, 7) is 0. The highest BCUT2D eigenvalue weighted by Crippen LogP contribution is 2.18. The highest BCUT2D eigenvalue weighted by molar-refractivity contribution is 7.79. The summed E-state index contributed by atoms with van der Waals surface area (Å²) in [5, 5.41) is 3.93. The fourth-order valence-electron chi connectivity index (χ4n) is 2.05. The number of hydrogen-bond donors (Lipinski definition) is 3. The average molecular weight is 300 g/mol. The molecule has 0 radical (unpaired) electrons. The van der Waals surface area contributed by atoms with Crippen molar-refractivity contribution >= 4 is 33.4 Å². The summed E-state index contributed by atoms with van der Waals surface area (Å²) < 4.78 is 19.9. The van der Waals surface area contributed by atoms with E-state index in [2.05, 4.69) is 10.3 Å². The minimum Gasteiger partial charge on any atom is -0.351 e. The first-order valence-corrected chi connectivity index (χ1v) is 7.34. The van der Waals surface area contributed by atoms with Crippen LogP contribution in [0.4, 0.5) is 11.4 Å². The Kier molecular flexibility index (Phi) is 3.55. The summed E-state index contributed by atoms with van der Waals surface area (Å²) >= 11 is -2.00. The normalized spacial score (nSPS) is 12.2. The Labute approximate surface area is 122 Å². The maximum Gasteiger partial charge on any atom is 0.272 e. The van der Waals surface area contributed by atoms with Gasteiger partial charge in [0.1, 0.15) is 5.69 Å². The van der Waals surface area contributed by atoms with E-state index in [1.54, 1.807) is 18.2 Å². The van der Waals surface area contributed by atoms with E-state index in [4.69, 9.17) is 4.55 Å². The molecule has 2 aromatic carbocycles. The Bertz CT molecular complexity index is 872. The average Bonchev–Trinajstić information content (AvgIpc) is 2.48. The first-order valence-electron chi connectivity index (χ1n) is 6.23. The number of aromatic amines is 1. The van der Waals surface area contributed by atoms with Gasteiger partial charge in [-0.25, -0.2) is 4.21 Å². The van der Waals surface area contributed by atoms with Gasteiger partial charge in [0.25, 0.3) is 5.56 Å². The van der Waals surface area contributed by atoms with Gasteiger partial charge in [0, 0.05) is 16.6 Å². The Morgan fingerprint density at radius 1 is 1.05 bits per heavy atom. The molecule has 6 heteroatoms. The summed E-state index contributed by atoms with van der Waals surface area (Å²) in [7, 11) is 0. The van der Waals surface area contributed by atoms with Crippen molar-refractivity contribution in [3.8, 4) is 0 Å². The Balaban J connectivity index is 1.95. The second-order valence-corrected chi connectivity index (χ2v) is 5.47. The first-order chi connectivity index (χ1) is 10.1. The topological polar surface area (TPSA) is 82.2 Å². The number of H-pyrrole nitrogens is 1. The molecule has 5 nitrogen and oxygen atoms in total. The molecule has 0 saturated heterocycles. The van der Waals surface area contributed by atoms with Gasteiger partial charge in [-0.3, -0.25) is 4.79 Å². The molecule has 3 rings (SSSR count). The molecule has 1 atom stereocenters. The van der Waals surface area contributed by atoms with Gasteiger partial charge in [-0.1, -0.05) is 18.2 Å². The van der Waals surface area contributed by atoms with Gasteiger partial charge in [0.15, 0.2) is 11.1 Å². The van der Waals surface area contributed by atoms with Gasteiger partial charge >= 0.3 is 0 Å². The minimum absolute atomic E-state index is 0.219. The van der Waals surface area contributed by atoms with Crippen LogP contribution in [0.25, 0.3) is 10.9 Å².